The van der Waals surface area contributed by atoms with E-state index >= 15 is 0 Å². The molecule has 0 saturated heterocycles. The summed E-state index contributed by atoms with van der Waals surface area (Å²) in [6.07, 6.45) is 0. The van der Waals surface area contributed by atoms with Crippen molar-refractivity contribution in [2.45, 2.75) is 18.4 Å². The van der Waals surface area contributed by atoms with E-state index in [1.165, 1.54) is 4.31 Å². The van der Waals surface area contributed by atoms with E-state index in [2.05, 4.69) is 5.32 Å². The van der Waals surface area contributed by atoms with E-state index in [1.54, 1.807) is 97.1 Å². The number of amides is 1. The van der Waals surface area contributed by atoms with Gasteiger partial charge in [0.2, 0.25) is 0 Å². The van der Waals surface area contributed by atoms with Gasteiger partial charge in [0.15, 0.2) is 6.61 Å². The minimum atomic E-state index is -3.87. The van der Waals surface area contributed by atoms with Crippen LogP contribution in [0.1, 0.15) is 11.1 Å². The Kier molecular flexibility index (Phi) is 8.38. The number of carbonyl (C=O) groups is 1. The molecule has 0 aliphatic rings. The van der Waals surface area contributed by atoms with Crippen LogP contribution in [0.5, 0.6) is 5.75 Å². The molecule has 1 amide bonds. The van der Waals surface area contributed by atoms with Gasteiger partial charge in [-0.1, -0.05) is 65.2 Å². The fraction of sp³-hybridized carbons (Fsp3) is 0.107. The van der Waals surface area contributed by atoms with E-state index in [9.17, 15) is 13.2 Å². The third-order valence-electron chi connectivity index (χ3n) is 5.49. The summed E-state index contributed by atoms with van der Waals surface area (Å²) in [6.45, 7) is 1.77. The SMILES string of the molecule is Cc1ccc(S(=O)(=O)N(Cc2ccc(Cl)cc2)c2ccc(OCC(=O)Nc3ccccc3Cl)cc2)cc1. The Bertz CT molecular complexity index is 1470. The molecule has 0 saturated carbocycles. The van der Waals surface area contributed by atoms with Crippen LogP contribution in [0.2, 0.25) is 10.0 Å². The van der Waals surface area contributed by atoms with Crippen molar-refractivity contribution in [3.05, 3.63) is 118 Å². The highest BCUT2D eigenvalue weighted by molar-refractivity contribution is 7.92. The van der Waals surface area contributed by atoms with E-state index in [-0.39, 0.29) is 24.0 Å². The second-order valence-corrected chi connectivity index (χ2v) is 11.0. The molecule has 4 aromatic carbocycles. The molecule has 4 aromatic rings. The van der Waals surface area contributed by atoms with Crippen molar-refractivity contribution in [2.75, 3.05) is 16.2 Å². The average Bonchev–Trinajstić information content (AvgIpc) is 2.89. The average molecular weight is 555 g/mol. The van der Waals surface area contributed by atoms with Crippen molar-refractivity contribution < 1.29 is 17.9 Å². The van der Waals surface area contributed by atoms with Gasteiger partial charge in [-0.05, 0) is 73.2 Å². The molecule has 0 aliphatic carbocycles. The van der Waals surface area contributed by atoms with Crippen LogP contribution in [0.15, 0.2) is 102 Å². The second kappa shape index (κ2) is 11.7. The summed E-state index contributed by atoms with van der Waals surface area (Å²) in [5.41, 5.74) is 2.68. The van der Waals surface area contributed by atoms with Gasteiger partial charge < -0.3 is 10.1 Å². The summed E-state index contributed by atoms with van der Waals surface area (Å²) in [5.74, 6) is 0.0423. The van der Waals surface area contributed by atoms with Crippen LogP contribution < -0.4 is 14.4 Å². The van der Waals surface area contributed by atoms with Gasteiger partial charge in [0.25, 0.3) is 15.9 Å². The number of carbonyl (C=O) groups excluding carboxylic acids is 1. The Morgan fingerprint density at radius 2 is 1.51 bits per heavy atom. The van der Waals surface area contributed by atoms with Crippen LogP contribution in [0.3, 0.4) is 0 Å². The summed E-state index contributed by atoms with van der Waals surface area (Å²) in [5, 5.41) is 3.68. The number of sulfonamides is 1. The van der Waals surface area contributed by atoms with Gasteiger partial charge in [0.05, 0.1) is 27.8 Å². The van der Waals surface area contributed by atoms with Crippen LogP contribution in [-0.2, 0) is 21.4 Å². The molecule has 37 heavy (non-hydrogen) atoms. The maximum absolute atomic E-state index is 13.6. The third-order valence-corrected chi connectivity index (χ3v) is 7.86. The molecule has 0 spiro atoms. The van der Waals surface area contributed by atoms with Gasteiger partial charge in [0, 0.05) is 5.02 Å². The zero-order valence-corrected chi connectivity index (χ0v) is 22.2. The molecule has 4 rings (SSSR count). The number of hydrogen-bond donors (Lipinski definition) is 1. The fourth-order valence-corrected chi connectivity index (χ4v) is 5.28. The molecule has 0 radical (unpaired) electrons. The van der Waals surface area contributed by atoms with Crippen molar-refractivity contribution in [3.63, 3.8) is 0 Å². The Morgan fingerprint density at radius 1 is 0.865 bits per heavy atom. The van der Waals surface area contributed by atoms with E-state index in [0.29, 0.717) is 27.2 Å². The number of ether oxygens (including phenoxy) is 1. The molecule has 1 N–H and O–H groups in total. The van der Waals surface area contributed by atoms with Gasteiger partial charge in [0.1, 0.15) is 5.75 Å². The summed E-state index contributed by atoms with van der Waals surface area (Å²) >= 11 is 12.1. The minimum Gasteiger partial charge on any atom is -0.484 e. The summed E-state index contributed by atoms with van der Waals surface area (Å²) in [4.78, 5) is 12.4. The van der Waals surface area contributed by atoms with E-state index in [4.69, 9.17) is 27.9 Å². The normalized spacial score (nSPS) is 11.1. The Labute approximate surface area is 226 Å². The van der Waals surface area contributed by atoms with Gasteiger partial charge in [-0.25, -0.2) is 8.42 Å². The van der Waals surface area contributed by atoms with Crippen LogP contribution >= 0.6 is 23.2 Å². The molecular weight excluding hydrogens is 531 g/mol. The van der Waals surface area contributed by atoms with E-state index in [0.717, 1.165) is 11.1 Å². The lowest BCUT2D eigenvalue weighted by Crippen LogP contribution is -2.30. The Morgan fingerprint density at radius 3 is 2.16 bits per heavy atom. The number of nitrogens with one attached hydrogen (secondary N) is 1. The van der Waals surface area contributed by atoms with E-state index in [1.807, 2.05) is 6.92 Å². The lowest BCUT2D eigenvalue weighted by molar-refractivity contribution is -0.118. The lowest BCUT2D eigenvalue weighted by atomic mass is 10.2. The first-order valence-electron chi connectivity index (χ1n) is 11.3. The first kappa shape index (κ1) is 26.5. The van der Waals surface area contributed by atoms with Crippen molar-refractivity contribution in [2.24, 2.45) is 0 Å². The topological polar surface area (TPSA) is 75.7 Å². The van der Waals surface area contributed by atoms with Crippen LogP contribution in [-0.4, -0.2) is 20.9 Å². The monoisotopic (exact) mass is 554 g/mol. The predicted molar refractivity (Wildman–Crippen MR) is 148 cm³/mol. The molecule has 190 valence electrons. The molecule has 9 heteroatoms. The van der Waals surface area contributed by atoms with Crippen molar-refractivity contribution in [3.8, 4) is 5.75 Å². The smallest absolute Gasteiger partial charge is 0.264 e. The molecule has 6 nitrogen and oxygen atoms in total. The summed E-state index contributed by atoms with van der Waals surface area (Å²) < 4.78 is 34.2. The van der Waals surface area contributed by atoms with Gasteiger partial charge >= 0.3 is 0 Å². The van der Waals surface area contributed by atoms with Crippen molar-refractivity contribution >= 4 is 50.5 Å². The van der Waals surface area contributed by atoms with Crippen molar-refractivity contribution in [1.29, 1.82) is 0 Å². The largest absolute Gasteiger partial charge is 0.484 e. The highest BCUT2D eigenvalue weighted by Crippen LogP contribution is 2.28. The zero-order valence-electron chi connectivity index (χ0n) is 19.9. The first-order chi connectivity index (χ1) is 17.7. The fourth-order valence-electron chi connectivity index (χ4n) is 3.51. The van der Waals surface area contributed by atoms with Crippen LogP contribution in [0, 0.1) is 6.92 Å². The number of halogens is 2. The third kappa shape index (κ3) is 6.83. The second-order valence-electron chi connectivity index (χ2n) is 8.26. The molecule has 0 atom stereocenters. The van der Waals surface area contributed by atoms with Gasteiger partial charge in [-0.15, -0.1) is 0 Å². The maximum Gasteiger partial charge on any atom is 0.264 e. The quantitative estimate of drug-likeness (QED) is 0.249. The number of para-hydroxylation sites is 1. The molecule has 0 aliphatic heterocycles. The molecule has 0 unspecified atom stereocenters. The van der Waals surface area contributed by atoms with Gasteiger partial charge in [-0.3, -0.25) is 9.10 Å². The molecule has 0 heterocycles. The molecule has 0 aromatic heterocycles. The molecule has 0 fully saturated rings. The maximum atomic E-state index is 13.6. The zero-order chi connectivity index (χ0) is 26.4. The minimum absolute atomic E-state index is 0.105. The Balaban J connectivity index is 1.53. The number of anilines is 2. The highest BCUT2D eigenvalue weighted by Gasteiger charge is 2.25. The standard InChI is InChI=1S/C28H24Cl2N2O4S/c1-20-6-16-25(17-7-20)37(34,35)32(18-21-8-10-22(29)11-9-21)23-12-14-24(15-13-23)36-19-28(33)31-27-5-3-2-4-26(27)30/h2-17H,18-19H2,1H3,(H,31,33). The van der Waals surface area contributed by atoms with Crippen LogP contribution in [0.4, 0.5) is 11.4 Å². The Hall–Kier alpha value is -3.52. The van der Waals surface area contributed by atoms with E-state index < -0.39 is 10.0 Å². The number of nitrogens with zero attached hydrogens (tertiary/aromatic N) is 1. The van der Waals surface area contributed by atoms with Gasteiger partial charge in [-0.2, -0.15) is 0 Å². The number of aryl methyl sites for hydroxylation is 1. The molecule has 0 bridgehead atoms. The first-order valence-corrected chi connectivity index (χ1v) is 13.5. The molecular formula is C28H24Cl2N2O4S. The summed E-state index contributed by atoms with van der Waals surface area (Å²) in [6, 6.07) is 27.2. The number of benzene rings is 4. The summed E-state index contributed by atoms with van der Waals surface area (Å²) in [7, 11) is -3.87. The lowest BCUT2D eigenvalue weighted by Gasteiger charge is -2.25. The highest BCUT2D eigenvalue weighted by atomic mass is 35.5. The number of hydrogen-bond acceptors (Lipinski definition) is 4. The van der Waals surface area contributed by atoms with Crippen molar-refractivity contribution in [1.82, 2.24) is 0 Å². The predicted octanol–water partition coefficient (Wildman–Crippen LogP) is 6.71. The number of rotatable bonds is 9. The van der Waals surface area contributed by atoms with Crippen LogP contribution in [0.25, 0.3) is 0 Å².